The maximum atomic E-state index is 13.2. The summed E-state index contributed by atoms with van der Waals surface area (Å²) >= 11 is 0. The standard InChI is InChI=1S/C9H10F2N4O3/c10-5-3-6(11)8(15(17)18)7(4-5)13-1-2-14-9(12)16/h3-4,13H,1-2H2,(H3,12,14,16). The van der Waals surface area contributed by atoms with Gasteiger partial charge >= 0.3 is 11.7 Å². The van der Waals surface area contributed by atoms with Crippen LogP contribution in [0.2, 0.25) is 0 Å². The number of amides is 2. The minimum Gasteiger partial charge on any atom is -0.378 e. The largest absolute Gasteiger partial charge is 0.378 e. The second-order valence-corrected chi connectivity index (χ2v) is 3.26. The van der Waals surface area contributed by atoms with E-state index >= 15 is 0 Å². The van der Waals surface area contributed by atoms with Gasteiger partial charge in [0, 0.05) is 25.2 Å². The van der Waals surface area contributed by atoms with Gasteiger partial charge in [-0.2, -0.15) is 4.39 Å². The number of rotatable bonds is 5. The molecule has 0 unspecified atom stereocenters. The minimum atomic E-state index is -1.27. The van der Waals surface area contributed by atoms with Crippen LogP contribution in [0.3, 0.4) is 0 Å². The molecule has 98 valence electrons. The van der Waals surface area contributed by atoms with Crippen molar-refractivity contribution >= 4 is 17.4 Å². The first-order valence-corrected chi connectivity index (χ1v) is 4.82. The number of benzene rings is 1. The van der Waals surface area contributed by atoms with Gasteiger partial charge in [0.05, 0.1) is 4.92 Å². The SMILES string of the molecule is NC(=O)NCCNc1cc(F)cc(F)c1[N+](=O)[O-]. The lowest BCUT2D eigenvalue weighted by atomic mass is 10.2. The van der Waals surface area contributed by atoms with Crippen molar-refractivity contribution in [1.82, 2.24) is 5.32 Å². The van der Waals surface area contributed by atoms with Crippen LogP contribution in [0.4, 0.5) is 25.0 Å². The molecule has 1 rings (SSSR count). The highest BCUT2D eigenvalue weighted by Gasteiger charge is 2.21. The average Bonchev–Trinajstić information content (AvgIpc) is 2.22. The number of carbonyl (C=O) groups is 1. The van der Waals surface area contributed by atoms with Gasteiger partial charge in [-0.05, 0) is 0 Å². The Labute approximate surface area is 100 Å². The van der Waals surface area contributed by atoms with E-state index in [4.69, 9.17) is 5.73 Å². The second-order valence-electron chi connectivity index (χ2n) is 3.26. The molecule has 0 saturated carbocycles. The summed E-state index contributed by atoms with van der Waals surface area (Å²) in [4.78, 5) is 20.0. The van der Waals surface area contributed by atoms with E-state index in [1.54, 1.807) is 0 Å². The minimum absolute atomic E-state index is 0.0344. The van der Waals surface area contributed by atoms with Gasteiger partial charge in [0.15, 0.2) is 0 Å². The van der Waals surface area contributed by atoms with E-state index in [1.165, 1.54) is 0 Å². The van der Waals surface area contributed by atoms with Gasteiger partial charge in [0.25, 0.3) is 0 Å². The van der Waals surface area contributed by atoms with E-state index in [0.717, 1.165) is 6.07 Å². The highest BCUT2D eigenvalue weighted by atomic mass is 19.1. The Morgan fingerprint density at radius 1 is 1.39 bits per heavy atom. The van der Waals surface area contributed by atoms with Crippen molar-refractivity contribution in [3.05, 3.63) is 33.9 Å². The number of nitrogens with one attached hydrogen (secondary N) is 2. The van der Waals surface area contributed by atoms with Crippen molar-refractivity contribution in [1.29, 1.82) is 0 Å². The van der Waals surface area contributed by atoms with Crippen molar-refractivity contribution in [2.45, 2.75) is 0 Å². The number of primary amides is 1. The van der Waals surface area contributed by atoms with E-state index in [0.29, 0.717) is 6.07 Å². The second kappa shape index (κ2) is 5.75. The summed E-state index contributed by atoms with van der Waals surface area (Å²) in [5.74, 6) is -2.21. The summed E-state index contributed by atoms with van der Waals surface area (Å²) in [6.45, 7) is 0.0945. The fourth-order valence-corrected chi connectivity index (χ4v) is 1.27. The maximum Gasteiger partial charge on any atom is 0.327 e. The molecule has 0 radical (unpaired) electrons. The molecular weight excluding hydrogens is 250 g/mol. The molecular formula is C9H10F2N4O3. The van der Waals surface area contributed by atoms with E-state index in [2.05, 4.69) is 10.6 Å². The molecule has 0 aliphatic rings. The van der Waals surface area contributed by atoms with Gasteiger partial charge in [-0.15, -0.1) is 0 Å². The highest BCUT2D eigenvalue weighted by Crippen LogP contribution is 2.28. The fourth-order valence-electron chi connectivity index (χ4n) is 1.27. The van der Waals surface area contributed by atoms with E-state index < -0.39 is 28.3 Å². The Kier molecular flexibility index (Phi) is 4.35. The molecule has 0 spiro atoms. The predicted octanol–water partition coefficient (Wildman–Crippen LogP) is 0.953. The smallest absolute Gasteiger partial charge is 0.327 e. The Balaban J connectivity index is 2.80. The predicted molar refractivity (Wildman–Crippen MR) is 59.1 cm³/mol. The number of nitro groups is 1. The number of nitrogens with zero attached hydrogens (tertiary/aromatic N) is 1. The van der Waals surface area contributed by atoms with Crippen molar-refractivity contribution in [2.24, 2.45) is 5.73 Å². The zero-order valence-electron chi connectivity index (χ0n) is 9.07. The average molecular weight is 260 g/mol. The molecule has 0 fully saturated rings. The number of urea groups is 1. The molecule has 18 heavy (non-hydrogen) atoms. The van der Waals surface area contributed by atoms with Crippen molar-refractivity contribution in [3.8, 4) is 0 Å². The normalized spacial score (nSPS) is 9.89. The van der Waals surface area contributed by atoms with E-state index in [1.807, 2.05) is 0 Å². The Morgan fingerprint density at radius 2 is 2.06 bits per heavy atom. The van der Waals surface area contributed by atoms with E-state index in [9.17, 15) is 23.7 Å². The summed E-state index contributed by atoms with van der Waals surface area (Å²) in [6, 6.07) is 0.452. The first kappa shape index (κ1) is 13.6. The summed E-state index contributed by atoms with van der Waals surface area (Å²) < 4.78 is 26.1. The topological polar surface area (TPSA) is 110 Å². The van der Waals surface area contributed by atoms with Gasteiger partial charge in [-0.1, -0.05) is 0 Å². The Hall–Kier alpha value is -2.45. The van der Waals surface area contributed by atoms with E-state index in [-0.39, 0.29) is 18.8 Å². The molecule has 0 saturated heterocycles. The van der Waals surface area contributed by atoms with Gasteiger partial charge in [-0.3, -0.25) is 10.1 Å². The third-order valence-electron chi connectivity index (χ3n) is 1.95. The summed E-state index contributed by atoms with van der Waals surface area (Å²) in [7, 11) is 0. The summed E-state index contributed by atoms with van der Waals surface area (Å²) in [5, 5.41) is 15.3. The molecule has 1 aromatic rings. The van der Waals surface area contributed by atoms with Crippen molar-refractivity contribution in [3.63, 3.8) is 0 Å². The van der Waals surface area contributed by atoms with Crippen LogP contribution < -0.4 is 16.4 Å². The molecule has 0 aliphatic heterocycles. The number of halogens is 2. The van der Waals surface area contributed by atoms with Crippen LogP contribution in [0, 0.1) is 21.7 Å². The van der Waals surface area contributed by atoms with Crippen LogP contribution in [0.5, 0.6) is 0 Å². The number of carbonyl (C=O) groups excluding carboxylic acids is 1. The zero-order chi connectivity index (χ0) is 13.7. The molecule has 0 aromatic heterocycles. The number of nitro benzene ring substituents is 1. The Bertz CT molecular complexity index is 481. The molecule has 4 N–H and O–H groups in total. The quantitative estimate of drug-likeness (QED) is 0.416. The van der Waals surface area contributed by atoms with Gasteiger partial charge in [-0.25, -0.2) is 9.18 Å². The van der Waals surface area contributed by atoms with Crippen LogP contribution in [0.15, 0.2) is 12.1 Å². The third kappa shape index (κ3) is 3.54. The van der Waals surface area contributed by atoms with Crippen LogP contribution in [0.1, 0.15) is 0 Å². The highest BCUT2D eigenvalue weighted by molar-refractivity contribution is 5.71. The lowest BCUT2D eigenvalue weighted by Crippen LogP contribution is -2.33. The molecule has 9 heteroatoms. The number of nitrogens with two attached hydrogens (primary N) is 1. The molecule has 0 atom stereocenters. The maximum absolute atomic E-state index is 13.2. The van der Waals surface area contributed by atoms with Crippen LogP contribution in [-0.2, 0) is 0 Å². The lowest BCUT2D eigenvalue weighted by Gasteiger charge is -2.08. The van der Waals surface area contributed by atoms with Crippen molar-refractivity contribution in [2.75, 3.05) is 18.4 Å². The van der Waals surface area contributed by atoms with Crippen LogP contribution in [0.25, 0.3) is 0 Å². The number of hydrogen-bond acceptors (Lipinski definition) is 4. The third-order valence-corrected chi connectivity index (χ3v) is 1.95. The Morgan fingerprint density at radius 3 is 2.61 bits per heavy atom. The van der Waals surface area contributed by atoms with Gasteiger partial charge in [0.2, 0.25) is 5.82 Å². The molecule has 2 amide bonds. The summed E-state index contributed by atoms with van der Waals surface area (Å²) in [5.41, 5.74) is 3.64. The fraction of sp³-hybridized carbons (Fsp3) is 0.222. The number of anilines is 1. The molecule has 1 aromatic carbocycles. The first-order valence-electron chi connectivity index (χ1n) is 4.82. The zero-order valence-corrected chi connectivity index (χ0v) is 9.07. The van der Waals surface area contributed by atoms with Gasteiger partial charge < -0.3 is 16.4 Å². The van der Waals surface area contributed by atoms with Gasteiger partial charge in [0.1, 0.15) is 11.5 Å². The van der Waals surface area contributed by atoms with Crippen LogP contribution in [-0.4, -0.2) is 24.0 Å². The molecule has 0 bridgehead atoms. The monoisotopic (exact) mass is 260 g/mol. The molecule has 0 heterocycles. The summed E-state index contributed by atoms with van der Waals surface area (Å²) in [6.07, 6.45) is 0. The lowest BCUT2D eigenvalue weighted by molar-refractivity contribution is -0.386. The van der Waals surface area contributed by atoms with Crippen LogP contribution >= 0.6 is 0 Å². The number of hydrogen-bond donors (Lipinski definition) is 3. The molecule has 0 aliphatic carbocycles. The van der Waals surface area contributed by atoms with Crippen molar-refractivity contribution < 1.29 is 18.5 Å². The first-order chi connectivity index (χ1) is 8.41. The molecule has 7 nitrogen and oxygen atoms in total.